The summed E-state index contributed by atoms with van der Waals surface area (Å²) in [5, 5.41) is 3.02. The predicted octanol–water partition coefficient (Wildman–Crippen LogP) is -0.104. The fourth-order valence-corrected chi connectivity index (χ4v) is 1.30. The molecule has 0 unspecified atom stereocenters. The van der Waals surface area contributed by atoms with Crippen molar-refractivity contribution in [3.8, 4) is 0 Å². The molecule has 0 aromatic rings. The second-order valence-electron chi connectivity index (χ2n) is 2.68. The molecular weight excluding hydrogens is 130 g/mol. The maximum absolute atomic E-state index is 10.5. The highest BCUT2D eigenvalue weighted by molar-refractivity contribution is 5.71. The van der Waals surface area contributed by atoms with Gasteiger partial charge in [-0.1, -0.05) is 0 Å². The van der Waals surface area contributed by atoms with Gasteiger partial charge in [-0.25, -0.2) is 0 Å². The van der Waals surface area contributed by atoms with E-state index in [4.69, 9.17) is 0 Å². The third-order valence-electron chi connectivity index (χ3n) is 1.95. The lowest BCUT2D eigenvalue weighted by Gasteiger charge is -2.18. The second kappa shape index (κ2) is 2.92. The molecule has 3 nitrogen and oxygen atoms in total. The molecule has 0 aromatic carbocycles. The monoisotopic (exact) mass is 141 g/mol. The van der Waals surface area contributed by atoms with Gasteiger partial charge < -0.3 is 14.9 Å². The molecule has 3 heteroatoms. The van der Waals surface area contributed by atoms with Crippen molar-refractivity contribution >= 4 is 12.6 Å². The minimum absolute atomic E-state index is 0.316. The van der Waals surface area contributed by atoms with Crippen LogP contribution in [0.15, 0.2) is 0 Å². The first-order valence-corrected chi connectivity index (χ1v) is 3.48. The van der Waals surface area contributed by atoms with E-state index >= 15 is 0 Å². The van der Waals surface area contributed by atoms with E-state index in [2.05, 4.69) is 5.32 Å². The Morgan fingerprint density at radius 3 is 2.70 bits per heavy atom. The number of hydrogen-bond acceptors (Lipinski definition) is 3. The van der Waals surface area contributed by atoms with Crippen molar-refractivity contribution in [2.75, 3.05) is 6.54 Å². The Morgan fingerprint density at radius 2 is 2.30 bits per heavy atom. The maximum atomic E-state index is 10.5. The Bertz CT molecular complexity index is 139. The Labute approximate surface area is 59.8 Å². The number of hydrogen-bond donors (Lipinski definition) is 1. The van der Waals surface area contributed by atoms with Gasteiger partial charge in [0.15, 0.2) is 0 Å². The van der Waals surface area contributed by atoms with Crippen LogP contribution in [0.1, 0.15) is 19.3 Å². The van der Waals surface area contributed by atoms with Crippen molar-refractivity contribution in [2.45, 2.75) is 24.8 Å². The molecule has 0 aliphatic carbocycles. The molecule has 1 heterocycles. The van der Waals surface area contributed by atoms with Gasteiger partial charge in [0.25, 0.3) is 0 Å². The van der Waals surface area contributed by atoms with E-state index in [1.807, 2.05) is 0 Å². The number of aldehydes is 2. The van der Waals surface area contributed by atoms with Crippen LogP contribution in [-0.4, -0.2) is 24.7 Å². The van der Waals surface area contributed by atoms with E-state index in [1.54, 1.807) is 0 Å². The van der Waals surface area contributed by atoms with Crippen LogP contribution in [0.25, 0.3) is 0 Å². The summed E-state index contributed by atoms with van der Waals surface area (Å²) in [5.41, 5.74) is -0.512. The van der Waals surface area contributed by atoms with Crippen molar-refractivity contribution in [1.29, 1.82) is 0 Å². The molecule has 1 N–H and O–H groups in total. The Morgan fingerprint density at radius 1 is 1.50 bits per heavy atom. The minimum Gasteiger partial charge on any atom is -0.305 e. The van der Waals surface area contributed by atoms with Gasteiger partial charge in [0, 0.05) is 6.42 Å². The summed E-state index contributed by atoms with van der Waals surface area (Å²) in [6.45, 7) is 0.854. The van der Waals surface area contributed by atoms with E-state index in [-0.39, 0.29) is 0 Å². The van der Waals surface area contributed by atoms with E-state index in [1.165, 1.54) is 0 Å². The van der Waals surface area contributed by atoms with Gasteiger partial charge in [0.2, 0.25) is 0 Å². The summed E-state index contributed by atoms with van der Waals surface area (Å²) >= 11 is 0. The molecule has 0 amide bonds. The molecule has 10 heavy (non-hydrogen) atoms. The summed E-state index contributed by atoms with van der Waals surface area (Å²) in [7, 11) is 0. The SMILES string of the molecule is O=CC[C@@]1(C=O)CCCN1. The van der Waals surface area contributed by atoms with Crippen LogP contribution in [0.3, 0.4) is 0 Å². The molecule has 1 saturated heterocycles. The lowest BCUT2D eigenvalue weighted by Crippen LogP contribution is -2.41. The van der Waals surface area contributed by atoms with Gasteiger partial charge in [-0.3, -0.25) is 0 Å². The zero-order valence-corrected chi connectivity index (χ0v) is 5.80. The zero-order chi connectivity index (χ0) is 7.45. The molecule has 0 aromatic heterocycles. The van der Waals surface area contributed by atoms with Crippen molar-refractivity contribution < 1.29 is 9.59 Å². The first-order chi connectivity index (χ1) is 4.83. The van der Waals surface area contributed by atoms with Gasteiger partial charge in [-0.05, 0) is 19.4 Å². The average Bonchev–Trinajstić information content (AvgIpc) is 2.39. The molecule has 0 spiro atoms. The summed E-state index contributed by atoms with van der Waals surface area (Å²) in [6.07, 6.45) is 3.76. The van der Waals surface area contributed by atoms with Gasteiger partial charge in [0.05, 0.1) is 5.54 Å². The molecule has 1 fully saturated rings. The van der Waals surface area contributed by atoms with Crippen LogP contribution in [-0.2, 0) is 9.59 Å². The molecular formula is C7H11NO2. The predicted molar refractivity (Wildman–Crippen MR) is 36.7 cm³/mol. The molecule has 1 atom stereocenters. The molecule has 0 bridgehead atoms. The lowest BCUT2D eigenvalue weighted by molar-refractivity contribution is -0.117. The summed E-state index contributed by atoms with van der Waals surface area (Å²) < 4.78 is 0. The van der Waals surface area contributed by atoms with E-state index in [0.717, 1.165) is 32.0 Å². The summed E-state index contributed by atoms with van der Waals surface area (Å²) in [6, 6.07) is 0. The Hall–Kier alpha value is -0.700. The lowest BCUT2D eigenvalue weighted by atomic mass is 9.96. The second-order valence-corrected chi connectivity index (χ2v) is 2.68. The van der Waals surface area contributed by atoms with Crippen molar-refractivity contribution in [1.82, 2.24) is 5.32 Å². The largest absolute Gasteiger partial charge is 0.305 e. The van der Waals surface area contributed by atoms with Crippen molar-refractivity contribution in [2.24, 2.45) is 0 Å². The van der Waals surface area contributed by atoms with Gasteiger partial charge >= 0.3 is 0 Å². The van der Waals surface area contributed by atoms with Gasteiger partial charge in [0.1, 0.15) is 12.6 Å². The van der Waals surface area contributed by atoms with Crippen LogP contribution >= 0.6 is 0 Å². The third kappa shape index (κ3) is 1.24. The smallest absolute Gasteiger partial charge is 0.140 e. The van der Waals surface area contributed by atoms with E-state index < -0.39 is 5.54 Å². The van der Waals surface area contributed by atoms with Crippen LogP contribution in [0.5, 0.6) is 0 Å². The van der Waals surface area contributed by atoms with Crippen molar-refractivity contribution in [3.05, 3.63) is 0 Å². The Balaban J connectivity index is 2.57. The molecule has 1 rings (SSSR count). The van der Waals surface area contributed by atoms with Crippen molar-refractivity contribution in [3.63, 3.8) is 0 Å². The maximum Gasteiger partial charge on any atom is 0.140 e. The zero-order valence-electron chi connectivity index (χ0n) is 5.80. The first kappa shape index (κ1) is 7.41. The number of carbonyl (C=O) groups excluding carboxylic acids is 2. The molecule has 1 aliphatic heterocycles. The Kier molecular flexibility index (Phi) is 2.17. The number of nitrogens with one attached hydrogen (secondary N) is 1. The van der Waals surface area contributed by atoms with Crippen LogP contribution in [0.4, 0.5) is 0 Å². The molecule has 56 valence electrons. The fourth-order valence-electron chi connectivity index (χ4n) is 1.30. The highest BCUT2D eigenvalue weighted by Gasteiger charge is 2.32. The summed E-state index contributed by atoms with van der Waals surface area (Å²) in [4.78, 5) is 20.6. The normalized spacial score (nSPS) is 32.0. The quantitative estimate of drug-likeness (QED) is 0.558. The average molecular weight is 141 g/mol. The van der Waals surface area contributed by atoms with Gasteiger partial charge in [-0.2, -0.15) is 0 Å². The highest BCUT2D eigenvalue weighted by Crippen LogP contribution is 2.18. The number of carbonyl (C=O) groups is 2. The fraction of sp³-hybridized carbons (Fsp3) is 0.714. The van der Waals surface area contributed by atoms with Gasteiger partial charge in [-0.15, -0.1) is 0 Å². The van der Waals surface area contributed by atoms with E-state index in [0.29, 0.717) is 6.42 Å². The summed E-state index contributed by atoms with van der Waals surface area (Å²) in [5.74, 6) is 0. The van der Waals surface area contributed by atoms with E-state index in [9.17, 15) is 9.59 Å². The molecule has 0 radical (unpaired) electrons. The minimum atomic E-state index is -0.512. The standard InChI is InChI=1S/C7H11NO2/c9-5-3-7(6-10)2-1-4-8-7/h5-6,8H,1-4H2/t7-/m1/s1. The van der Waals surface area contributed by atoms with Crippen LogP contribution in [0.2, 0.25) is 0 Å². The first-order valence-electron chi connectivity index (χ1n) is 3.48. The molecule has 1 aliphatic rings. The van der Waals surface area contributed by atoms with Crippen LogP contribution < -0.4 is 5.32 Å². The third-order valence-corrected chi connectivity index (χ3v) is 1.95. The topological polar surface area (TPSA) is 46.2 Å². The van der Waals surface area contributed by atoms with Crippen LogP contribution in [0, 0.1) is 0 Å². The highest BCUT2D eigenvalue weighted by atomic mass is 16.1. The molecule has 0 saturated carbocycles. The number of rotatable bonds is 3.